The predicted octanol–water partition coefficient (Wildman–Crippen LogP) is 2.62. The van der Waals surface area contributed by atoms with E-state index in [2.05, 4.69) is 10.2 Å². The molecule has 0 spiro atoms. The predicted molar refractivity (Wildman–Crippen MR) is 82.2 cm³/mol. The molecule has 20 heavy (non-hydrogen) atoms. The molecule has 1 atom stereocenters. The lowest BCUT2D eigenvalue weighted by atomic mass is 9.99. The van der Waals surface area contributed by atoms with Crippen LogP contribution in [-0.4, -0.2) is 42.8 Å². The Hall–Kier alpha value is -0.390. The van der Waals surface area contributed by atoms with Gasteiger partial charge in [-0.3, -0.25) is 4.90 Å². The van der Waals surface area contributed by atoms with Gasteiger partial charge in [0.15, 0.2) is 0 Å². The van der Waals surface area contributed by atoms with Gasteiger partial charge in [-0.05, 0) is 31.0 Å². The summed E-state index contributed by atoms with van der Waals surface area (Å²) in [5.74, 6) is -0.217. The molecular weight excluding hydrogens is 302 g/mol. The highest BCUT2D eigenvalue weighted by atomic mass is 35.5. The second-order valence-electron chi connectivity index (χ2n) is 4.83. The lowest BCUT2D eigenvalue weighted by Crippen LogP contribution is -2.45. The van der Waals surface area contributed by atoms with Gasteiger partial charge in [0.1, 0.15) is 5.82 Å². The monoisotopic (exact) mass is 322 g/mol. The van der Waals surface area contributed by atoms with E-state index in [1.165, 1.54) is 6.07 Å². The van der Waals surface area contributed by atoms with E-state index in [1.54, 1.807) is 12.1 Å². The summed E-state index contributed by atoms with van der Waals surface area (Å²) >= 11 is 5.99. The van der Waals surface area contributed by atoms with Crippen LogP contribution in [0, 0.1) is 5.82 Å². The Morgan fingerprint density at radius 3 is 2.70 bits per heavy atom. The molecule has 1 saturated heterocycles. The first-order chi connectivity index (χ1) is 9.22. The minimum Gasteiger partial charge on any atom is -0.396 e. The number of benzene rings is 1. The maximum atomic E-state index is 14.0. The highest BCUT2D eigenvalue weighted by molar-refractivity contribution is 6.30. The summed E-state index contributed by atoms with van der Waals surface area (Å²) in [6.45, 7) is 3.74. The summed E-state index contributed by atoms with van der Waals surface area (Å²) in [7, 11) is 0. The van der Waals surface area contributed by atoms with E-state index in [0.717, 1.165) is 32.6 Å². The third-order valence-electron chi connectivity index (χ3n) is 3.55. The van der Waals surface area contributed by atoms with Crippen LogP contribution in [0.5, 0.6) is 0 Å². The molecule has 0 amide bonds. The van der Waals surface area contributed by atoms with Crippen molar-refractivity contribution < 1.29 is 9.50 Å². The third-order valence-corrected chi connectivity index (χ3v) is 3.78. The van der Waals surface area contributed by atoms with Crippen LogP contribution in [0.1, 0.15) is 24.4 Å². The van der Waals surface area contributed by atoms with Crippen LogP contribution in [0.15, 0.2) is 18.2 Å². The molecule has 1 aliphatic heterocycles. The van der Waals surface area contributed by atoms with Crippen molar-refractivity contribution in [2.24, 2.45) is 0 Å². The normalized spacial score (nSPS) is 17.6. The van der Waals surface area contributed by atoms with Crippen molar-refractivity contribution in [3.8, 4) is 0 Å². The topological polar surface area (TPSA) is 35.5 Å². The molecule has 6 heteroatoms. The maximum Gasteiger partial charge on any atom is 0.128 e. The van der Waals surface area contributed by atoms with E-state index in [4.69, 9.17) is 16.7 Å². The van der Waals surface area contributed by atoms with Crippen molar-refractivity contribution in [3.63, 3.8) is 0 Å². The highest BCUT2D eigenvalue weighted by Gasteiger charge is 2.24. The molecule has 1 aromatic carbocycles. The second kappa shape index (κ2) is 8.80. The fourth-order valence-electron chi connectivity index (χ4n) is 2.58. The number of aliphatic hydroxyl groups is 1. The lowest BCUT2D eigenvalue weighted by molar-refractivity contribution is 0.151. The third kappa shape index (κ3) is 4.57. The molecule has 114 valence electrons. The van der Waals surface area contributed by atoms with E-state index >= 15 is 0 Å². The van der Waals surface area contributed by atoms with Gasteiger partial charge in [-0.2, -0.15) is 0 Å². The van der Waals surface area contributed by atoms with Gasteiger partial charge < -0.3 is 10.4 Å². The first kappa shape index (κ1) is 17.7. The second-order valence-corrected chi connectivity index (χ2v) is 5.27. The summed E-state index contributed by atoms with van der Waals surface area (Å²) in [6, 6.07) is 4.70. The summed E-state index contributed by atoms with van der Waals surface area (Å²) in [6.07, 6.45) is 1.41. The van der Waals surface area contributed by atoms with E-state index in [1.807, 2.05) is 0 Å². The van der Waals surface area contributed by atoms with Crippen LogP contribution < -0.4 is 5.32 Å². The fraction of sp³-hybridized carbons (Fsp3) is 0.571. The van der Waals surface area contributed by atoms with Crippen LogP contribution in [0.25, 0.3) is 0 Å². The molecule has 2 rings (SSSR count). The van der Waals surface area contributed by atoms with Gasteiger partial charge in [0.2, 0.25) is 0 Å². The standard InChI is InChI=1S/C14H20ClFN2O.ClH/c15-11-3-4-13(16)12(10-11)14(2-1-9-19)18-7-5-17-6-8-18;/h3-4,10,14,17,19H,1-2,5-9H2;1H/t14-;/m0./s1. The molecule has 0 aromatic heterocycles. The van der Waals surface area contributed by atoms with E-state index < -0.39 is 0 Å². The molecular formula is C14H21Cl2FN2O. The van der Waals surface area contributed by atoms with Gasteiger partial charge >= 0.3 is 0 Å². The molecule has 1 fully saturated rings. The van der Waals surface area contributed by atoms with Crippen LogP contribution in [0.3, 0.4) is 0 Å². The zero-order chi connectivity index (χ0) is 13.7. The average Bonchev–Trinajstić information content (AvgIpc) is 2.44. The molecule has 0 aliphatic carbocycles. The highest BCUT2D eigenvalue weighted by Crippen LogP contribution is 2.30. The summed E-state index contributed by atoms with van der Waals surface area (Å²) < 4.78 is 14.0. The Bertz CT molecular complexity index is 414. The first-order valence-corrected chi connectivity index (χ1v) is 7.10. The zero-order valence-corrected chi connectivity index (χ0v) is 12.9. The van der Waals surface area contributed by atoms with E-state index in [0.29, 0.717) is 17.0 Å². The molecule has 1 aliphatic rings. The zero-order valence-electron chi connectivity index (χ0n) is 11.3. The number of nitrogens with one attached hydrogen (secondary N) is 1. The first-order valence-electron chi connectivity index (χ1n) is 6.73. The number of piperazine rings is 1. The molecule has 0 bridgehead atoms. The Balaban J connectivity index is 0.00000200. The fourth-order valence-corrected chi connectivity index (χ4v) is 2.76. The number of hydrogen-bond donors (Lipinski definition) is 2. The summed E-state index contributed by atoms with van der Waals surface area (Å²) in [5, 5.41) is 12.9. The summed E-state index contributed by atoms with van der Waals surface area (Å²) in [4.78, 5) is 2.26. The Morgan fingerprint density at radius 2 is 2.05 bits per heavy atom. The van der Waals surface area contributed by atoms with Crippen LogP contribution in [0.2, 0.25) is 5.02 Å². The van der Waals surface area contributed by atoms with Gasteiger partial charge in [-0.25, -0.2) is 4.39 Å². The van der Waals surface area contributed by atoms with Crippen molar-refractivity contribution in [1.82, 2.24) is 10.2 Å². The molecule has 1 heterocycles. The number of hydrogen-bond acceptors (Lipinski definition) is 3. The van der Waals surface area contributed by atoms with Crippen molar-refractivity contribution in [2.75, 3.05) is 32.8 Å². The van der Waals surface area contributed by atoms with Gasteiger partial charge in [-0.1, -0.05) is 11.6 Å². The van der Waals surface area contributed by atoms with Gasteiger partial charge in [0.25, 0.3) is 0 Å². The van der Waals surface area contributed by atoms with Crippen molar-refractivity contribution in [1.29, 1.82) is 0 Å². The van der Waals surface area contributed by atoms with Crippen LogP contribution >= 0.6 is 24.0 Å². The molecule has 1 aromatic rings. The Morgan fingerprint density at radius 1 is 1.35 bits per heavy atom. The molecule has 0 saturated carbocycles. The van der Waals surface area contributed by atoms with Crippen molar-refractivity contribution in [2.45, 2.75) is 18.9 Å². The van der Waals surface area contributed by atoms with Gasteiger partial charge in [0, 0.05) is 49.4 Å². The number of nitrogens with zero attached hydrogens (tertiary/aromatic N) is 1. The average molecular weight is 323 g/mol. The summed E-state index contributed by atoms with van der Waals surface area (Å²) in [5.41, 5.74) is 0.642. The van der Waals surface area contributed by atoms with E-state index in [-0.39, 0.29) is 30.9 Å². The molecule has 2 N–H and O–H groups in total. The molecule has 0 radical (unpaired) electrons. The van der Waals surface area contributed by atoms with Crippen LogP contribution in [0.4, 0.5) is 4.39 Å². The number of halogens is 3. The molecule has 0 unspecified atom stereocenters. The van der Waals surface area contributed by atoms with Crippen molar-refractivity contribution in [3.05, 3.63) is 34.6 Å². The van der Waals surface area contributed by atoms with E-state index in [9.17, 15) is 4.39 Å². The smallest absolute Gasteiger partial charge is 0.128 e. The Labute approximate surface area is 130 Å². The number of aliphatic hydroxyl groups excluding tert-OH is 1. The minimum absolute atomic E-state index is 0. The van der Waals surface area contributed by atoms with Gasteiger partial charge in [0.05, 0.1) is 0 Å². The lowest BCUT2D eigenvalue weighted by Gasteiger charge is -2.35. The Kier molecular flexibility index (Phi) is 7.77. The quantitative estimate of drug-likeness (QED) is 0.874. The van der Waals surface area contributed by atoms with Crippen LogP contribution in [-0.2, 0) is 0 Å². The van der Waals surface area contributed by atoms with Crippen molar-refractivity contribution >= 4 is 24.0 Å². The van der Waals surface area contributed by atoms with Gasteiger partial charge in [-0.15, -0.1) is 12.4 Å². The number of rotatable bonds is 5. The molecule has 3 nitrogen and oxygen atoms in total. The SMILES string of the molecule is Cl.OCCC[C@@H](c1cc(Cl)ccc1F)N1CCNCC1. The largest absolute Gasteiger partial charge is 0.396 e. The minimum atomic E-state index is -0.217. The maximum absolute atomic E-state index is 14.0.